The third-order valence-corrected chi connectivity index (χ3v) is 3.99. The zero-order chi connectivity index (χ0) is 17.2. The number of primary sulfonamides is 1. The van der Waals surface area contributed by atoms with Gasteiger partial charge >= 0.3 is 0 Å². The Hall–Kier alpha value is -2.50. The monoisotopic (exact) mass is 354 g/mol. The topological polar surface area (TPSA) is 145 Å². The predicted octanol–water partition coefficient (Wildman–Crippen LogP) is -0.0247. The molecule has 0 atom stereocenters. The molecule has 0 radical (unpaired) electrons. The lowest BCUT2D eigenvalue weighted by Crippen LogP contribution is -2.23. The van der Waals surface area contributed by atoms with Gasteiger partial charge in [-0.05, 0) is 36.5 Å². The molecule has 23 heavy (non-hydrogen) atoms. The summed E-state index contributed by atoms with van der Waals surface area (Å²) in [6.07, 6.45) is 1.41. The van der Waals surface area contributed by atoms with Gasteiger partial charge in [0.1, 0.15) is 5.69 Å². The van der Waals surface area contributed by atoms with Crippen LogP contribution in [0.5, 0.6) is 0 Å². The maximum absolute atomic E-state index is 11.4. The maximum Gasteiger partial charge on any atom is 0.269 e. The lowest BCUT2D eigenvalue weighted by atomic mass is 10.3. The highest BCUT2D eigenvalue weighted by atomic mass is 32.2. The molecule has 0 bridgehead atoms. The number of nitrogens with two attached hydrogens (primary N) is 2. The van der Waals surface area contributed by atoms with Crippen LogP contribution in [0.25, 0.3) is 0 Å². The molecule has 0 saturated heterocycles. The highest BCUT2D eigenvalue weighted by molar-refractivity contribution is 7.89. The van der Waals surface area contributed by atoms with Crippen molar-refractivity contribution >= 4 is 44.6 Å². The van der Waals surface area contributed by atoms with Crippen LogP contribution in [-0.2, 0) is 17.1 Å². The van der Waals surface area contributed by atoms with Gasteiger partial charge < -0.3 is 16.4 Å². The molecule has 1 aromatic carbocycles. The van der Waals surface area contributed by atoms with Gasteiger partial charge in [-0.2, -0.15) is 5.10 Å². The van der Waals surface area contributed by atoms with Crippen molar-refractivity contribution in [3.8, 4) is 0 Å². The van der Waals surface area contributed by atoms with Crippen molar-refractivity contribution in [3.63, 3.8) is 0 Å². The molecule has 1 amide bonds. The average molecular weight is 354 g/mol. The lowest BCUT2D eigenvalue weighted by molar-refractivity contribution is 0.0992. The Labute approximate surface area is 137 Å². The first-order valence-corrected chi connectivity index (χ1v) is 8.16. The van der Waals surface area contributed by atoms with Crippen molar-refractivity contribution in [3.05, 3.63) is 36.2 Å². The Balaban J connectivity index is 2.10. The smallest absolute Gasteiger partial charge is 0.269 e. The number of amides is 1. The zero-order valence-corrected chi connectivity index (χ0v) is 13.6. The molecule has 122 valence electrons. The first-order valence-electron chi connectivity index (χ1n) is 6.21. The average Bonchev–Trinajstić information content (AvgIpc) is 2.79. The van der Waals surface area contributed by atoms with E-state index in [4.69, 9.17) is 23.1 Å². The van der Waals surface area contributed by atoms with E-state index in [1.807, 2.05) is 0 Å². The summed E-state index contributed by atoms with van der Waals surface area (Å²) in [6, 6.07) is 5.70. The van der Waals surface area contributed by atoms with Crippen molar-refractivity contribution in [2.24, 2.45) is 17.9 Å². The quantitative estimate of drug-likeness (QED) is 0.564. The van der Waals surface area contributed by atoms with Crippen LogP contribution in [-0.4, -0.2) is 29.2 Å². The minimum Gasteiger partial charge on any atom is -0.364 e. The molecule has 0 aliphatic carbocycles. The van der Waals surface area contributed by atoms with Gasteiger partial charge in [-0.15, -0.1) is 0 Å². The fourth-order valence-corrected chi connectivity index (χ4v) is 2.58. The molecule has 0 spiro atoms. The van der Waals surface area contributed by atoms with Crippen LogP contribution in [0, 0.1) is 0 Å². The number of carbonyl (C=O) groups excluding carboxylic acids is 1. The van der Waals surface area contributed by atoms with Gasteiger partial charge in [0.25, 0.3) is 5.91 Å². The first-order chi connectivity index (χ1) is 10.7. The number of thiocarbonyl (C=S) groups is 1. The minimum atomic E-state index is -3.75. The summed E-state index contributed by atoms with van der Waals surface area (Å²) >= 11 is 5.13. The highest BCUT2D eigenvalue weighted by Crippen LogP contribution is 2.16. The molecule has 0 unspecified atom stereocenters. The fraction of sp³-hybridized carbons (Fsp3) is 0.0833. The Kier molecular flexibility index (Phi) is 4.63. The number of benzene rings is 1. The molecule has 2 rings (SSSR count). The van der Waals surface area contributed by atoms with Gasteiger partial charge in [0.15, 0.2) is 5.11 Å². The third kappa shape index (κ3) is 4.03. The second-order valence-electron chi connectivity index (χ2n) is 4.54. The van der Waals surface area contributed by atoms with E-state index in [2.05, 4.69) is 15.7 Å². The van der Waals surface area contributed by atoms with E-state index in [-0.39, 0.29) is 15.7 Å². The SMILES string of the molecule is Cn1ncc(NC(=S)Nc2ccc(S(N)(=O)=O)cc2)c1C(N)=O. The molecule has 11 heteroatoms. The number of rotatable bonds is 4. The number of nitrogens with one attached hydrogen (secondary N) is 2. The molecule has 6 N–H and O–H groups in total. The van der Waals surface area contributed by atoms with E-state index >= 15 is 0 Å². The first kappa shape index (κ1) is 16.9. The van der Waals surface area contributed by atoms with E-state index in [1.165, 1.54) is 35.1 Å². The standard InChI is InChI=1S/C12H14N6O3S2/c1-18-10(11(13)19)9(6-15-18)17-12(22)16-7-2-4-8(5-3-7)23(14,20)21/h2-6H,1H3,(H2,13,19)(H2,14,20,21)(H2,16,17,22). The van der Waals surface area contributed by atoms with Crippen molar-refractivity contribution < 1.29 is 13.2 Å². The molecular weight excluding hydrogens is 340 g/mol. The number of anilines is 2. The summed E-state index contributed by atoms with van der Waals surface area (Å²) in [4.78, 5) is 11.4. The van der Waals surface area contributed by atoms with Crippen molar-refractivity contribution in [2.45, 2.75) is 4.90 Å². The Morgan fingerprint density at radius 3 is 2.39 bits per heavy atom. The van der Waals surface area contributed by atoms with E-state index in [0.29, 0.717) is 11.4 Å². The molecule has 9 nitrogen and oxygen atoms in total. The number of sulfonamides is 1. The number of aryl methyl sites for hydroxylation is 1. The number of aromatic nitrogens is 2. The van der Waals surface area contributed by atoms with Crippen molar-refractivity contribution in [1.29, 1.82) is 0 Å². The van der Waals surface area contributed by atoms with E-state index in [0.717, 1.165) is 0 Å². The molecule has 1 aromatic heterocycles. The molecule has 2 aromatic rings. The van der Waals surface area contributed by atoms with E-state index < -0.39 is 15.9 Å². The molecule has 0 aliphatic rings. The fourth-order valence-electron chi connectivity index (χ4n) is 1.83. The van der Waals surface area contributed by atoms with Crippen LogP contribution in [0.4, 0.5) is 11.4 Å². The van der Waals surface area contributed by atoms with Gasteiger partial charge in [0, 0.05) is 12.7 Å². The second kappa shape index (κ2) is 6.32. The van der Waals surface area contributed by atoms with E-state index in [9.17, 15) is 13.2 Å². The third-order valence-electron chi connectivity index (χ3n) is 2.86. The van der Waals surface area contributed by atoms with Crippen LogP contribution in [0.3, 0.4) is 0 Å². The largest absolute Gasteiger partial charge is 0.364 e. The summed E-state index contributed by atoms with van der Waals surface area (Å²) in [5, 5.41) is 14.8. The molecule has 1 heterocycles. The number of hydrogen-bond donors (Lipinski definition) is 4. The second-order valence-corrected chi connectivity index (χ2v) is 6.51. The Morgan fingerprint density at radius 1 is 1.26 bits per heavy atom. The van der Waals surface area contributed by atoms with Crippen molar-refractivity contribution in [2.75, 3.05) is 10.6 Å². The molecule has 0 aliphatic heterocycles. The number of nitrogens with zero attached hydrogens (tertiary/aromatic N) is 2. The van der Waals surface area contributed by atoms with Crippen molar-refractivity contribution in [1.82, 2.24) is 9.78 Å². The van der Waals surface area contributed by atoms with Gasteiger partial charge in [0.2, 0.25) is 10.0 Å². The number of hydrogen-bond acceptors (Lipinski definition) is 5. The summed E-state index contributed by atoms with van der Waals surface area (Å²) in [6.45, 7) is 0. The number of carbonyl (C=O) groups is 1. The van der Waals surface area contributed by atoms with Gasteiger partial charge in [-0.1, -0.05) is 0 Å². The predicted molar refractivity (Wildman–Crippen MR) is 89.4 cm³/mol. The number of primary amides is 1. The highest BCUT2D eigenvalue weighted by Gasteiger charge is 2.15. The lowest BCUT2D eigenvalue weighted by Gasteiger charge is -2.10. The van der Waals surface area contributed by atoms with Crippen LogP contribution in [0.2, 0.25) is 0 Å². The Bertz CT molecular complexity index is 857. The summed E-state index contributed by atoms with van der Waals surface area (Å²) in [5.41, 5.74) is 6.35. The van der Waals surface area contributed by atoms with Crippen LogP contribution < -0.4 is 21.5 Å². The van der Waals surface area contributed by atoms with Gasteiger partial charge in [-0.25, -0.2) is 13.6 Å². The van der Waals surface area contributed by atoms with Gasteiger partial charge in [-0.3, -0.25) is 9.48 Å². The summed E-state index contributed by atoms with van der Waals surface area (Å²) in [7, 11) is -2.17. The van der Waals surface area contributed by atoms with Crippen LogP contribution >= 0.6 is 12.2 Å². The maximum atomic E-state index is 11.4. The molecule has 0 fully saturated rings. The zero-order valence-electron chi connectivity index (χ0n) is 12.0. The summed E-state index contributed by atoms with van der Waals surface area (Å²) in [5.74, 6) is -0.646. The normalized spacial score (nSPS) is 11.0. The van der Waals surface area contributed by atoms with Crippen LogP contribution in [0.1, 0.15) is 10.5 Å². The van der Waals surface area contributed by atoms with Crippen LogP contribution in [0.15, 0.2) is 35.4 Å². The molecular formula is C12H14N6O3S2. The van der Waals surface area contributed by atoms with Gasteiger partial charge in [0.05, 0.1) is 16.8 Å². The molecule has 0 saturated carbocycles. The summed E-state index contributed by atoms with van der Waals surface area (Å²) < 4.78 is 23.7. The minimum absolute atomic E-state index is 0.00907. The Morgan fingerprint density at radius 2 is 1.87 bits per heavy atom. The van der Waals surface area contributed by atoms with E-state index in [1.54, 1.807) is 7.05 Å².